The predicted octanol–water partition coefficient (Wildman–Crippen LogP) is 3.56. The van der Waals surface area contributed by atoms with Crippen LogP contribution in [0.3, 0.4) is 0 Å². The number of carbonyl (C=O) groups excluding carboxylic acids is 1. The van der Waals surface area contributed by atoms with Gasteiger partial charge in [-0.15, -0.1) is 11.3 Å². The van der Waals surface area contributed by atoms with Crippen LogP contribution < -0.4 is 5.73 Å². The minimum Gasteiger partial charge on any atom is -0.399 e. The number of fused-ring (bicyclic) bond motifs is 1. The Bertz CT molecular complexity index is 785. The highest BCUT2D eigenvalue weighted by molar-refractivity contribution is 7.12. The first-order valence-corrected chi connectivity index (χ1v) is 7.31. The summed E-state index contributed by atoms with van der Waals surface area (Å²) < 4.78 is 0. The first-order chi connectivity index (χ1) is 9.56. The van der Waals surface area contributed by atoms with Gasteiger partial charge in [-0.1, -0.05) is 19.9 Å². The number of aromatic amines is 1. The highest BCUT2D eigenvalue weighted by Crippen LogP contribution is 2.25. The number of nitrogens with one attached hydrogen (secondary N) is 1. The van der Waals surface area contributed by atoms with Crippen LogP contribution >= 0.6 is 11.3 Å². The van der Waals surface area contributed by atoms with Crippen molar-refractivity contribution < 1.29 is 4.79 Å². The molecule has 3 aromatic rings. The molecule has 0 bridgehead atoms. The topological polar surface area (TPSA) is 71.8 Å². The van der Waals surface area contributed by atoms with Crippen molar-refractivity contribution in [1.82, 2.24) is 9.97 Å². The number of nitrogens with zero attached hydrogens (tertiary/aromatic N) is 1. The number of thiazole rings is 1. The molecule has 0 saturated heterocycles. The normalized spacial score (nSPS) is 11.3. The van der Waals surface area contributed by atoms with Crippen LogP contribution in [-0.4, -0.2) is 15.8 Å². The lowest BCUT2D eigenvalue weighted by Gasteiger charge is -1.98. The van der Waals surface area contributed by atoms with Gasteiger partial charge in [-0.2, -0.15) is 0 Å². The Morgan fingerprint density at radius 3 is 2.90 bits per heavy atom. The van der Waals surface area contributed by atoms with Crippen LogP contribution in [-0.2, 0) is 0 Å². The second-order valence-electron chi connectivity index (χ2n) is 5.07. The smallest absolute Gasteiger partial charge is 0.223 e. The van der Waals surface area contributed by atoms with E-state index >= 15 is 0 Å². The Labute approximate surface area is 120 Å². The lowest BCUT2D eigenvalue weighted by molar-refractivity contribution is 0.104. The Morgan fingerprint density at radius 1 is 1.40 bits per heavy atom. The second kappa shape index (κ2) is 4.76. The molecule has 5 heteroatoms. The SMILES string of the molecule is CC(C)c1csc(C(=O)c2c[nH]c3cc(N)ccc23)n1. The van der Waals surface area contributed by atoms with E-state index in [4.69, 9.17) is 5.73 Å². The Balaban J connectivity index is 2.03. The van der Waals surface area contributed by atoms with Gasteiger partial charge in [0.15, 0.2) is 5.01 Å². The summed E-state index contributed by atoms with van der Waals surface area (Å²) in [5.74, 6) is 0.286. The van der Waals surface area contributed by atoms with Gasteiger partial charge >= 0.3 is 0 Å². The first kappa shape index (κ1) is 12.9. The van der Waals surface area contributed by atoms with Crippen molar-refractivity contribution >= 4 is 33.7 Å². The van der Waals surface area contributed by atoms with E-state index in [2.05, 4.69) is 23.8 Å². The predicted molar refractivity (Wildman–Crippen MR) is 82.3 cm³/mol. The Hall–Kier alpha value is -2.14. The zero-order valence-corrected chi connectivity index (χ0v) is 12.1. The van der Waals surface area contributed by atoms with Gasteiger partial charge in [-0.3, -0.25) is 4.79 Å². The fourth-order valence-electron chi connectivity index (χ4n) is 2.10. The molecule has 0 spiro atoms. The molecular formula is C15H15N3OS. The van der Waals surface area contributed by atoms with Crippen molar-refractivity contribution in [2.45, 2.75) is 19.8 Å². The van der Waals surface area contributed by atoms with E-state index in [-0.39, 0.29) is 5.78 Å². The van der Waals surface area contributed by atoms with Crippen LogP contribution in [0.15, 0.2) is 29.8 Å². The van der Waals surface area contributed by atoms with E-state index in [9.17, 15) is 4.79 Å². The highest BCUT2D eigenvalue weighted by atomic mass is 32.1. The number of hydrogen-bond acceptors (Lipinski definition) is 4. The molecule has 2 heterocycles. The summed E-state index contributed by atoms with van der Waals surface area (Å²) in [6, 6.07) is 5.49. The molecule has 0 amide bonds. The summed E-state index contributed by atoms with van der Waals surface area (Å²) in [6.45, 7) is 4.13. The average Bonchev–Trinajstić information content (AvgIpc) is 3.04. The van der Waals surface area contributed by atoms with Crippen molar-refractivity contribution in [3.63, 3.8) is 0 Å². The zero-order valence-electron chi connectivity index (χ0n) is 11.3. The van der Waals surface area contributed by atoms with Crippen molar-refractivity contribution in [2.24, 2.45) is 0 Å². The number of aromatic nitrogens is 2. The molecule has 0 aliphatic carbocycles. The van der Waals surface area contributed by atoms with Crippen LogP contribution in [0.25, 0.3) is 10.9 Å². The van der Waals surface area contributed by atoms with Gasteiger partial charge in [-0.25, -0.2) is 4.98 Å². The third-order valence-electron chi connectivity index (χ3n) is 3.26. The van der Waals surface area contributed by atoms with E-state index in [0.29, 0.717) is 22.2 Å². The summed E-state index contributed by atoms with van der Waals surface area (Å²) in [5, 5.41) is 3.36. The maximum absolute atomic E-state index is 12.5. The molecular weight excluding hydrogens is 270 g/mol. The van der Waals surface area contributed by atoms with E-state index in [1.807, 2.05) is 17.5 Å². The van der Waals surface area contributed by atoms with Gasteiger partial charge in [0.2, 0.25) is 5.78 Å². The number of anilines is 1. The van der Waals surface area contributed by atoms with Crippen molar-refractivity contribution in [1.29, 1.82) is 0 Å². The van der Waals surface area contributed by atoms with Crippen molar-refractivity contribution in [2.75, 3.05) is 5.73 Å². The molecule has 0 saturated carbocycles. The third kappa shape index (κ3) is 2.10. The number of nitrogens with two attached hydrogens (primary N) is 1. The number of ketones is 1. The molecule has 0 unspecified atom stereocenters. The van der Waals surface area contributed by atoms with Gasteiger partial charge in [-0.05, 0) is 18.1 Å². The Kier molecular flexibility index (Phi) is 3.06. The van der Waals surface area contributed by atoms with Gasteiger partial charge in [0, 0.05) is 28.2 Å². The zero-order chi connectivity index (χ0) is 14.3. The summed E-state index contributed by atoms with van der Waals surface area (Å²) in [7, 11) is 0. The van der Waals surface area contributed by atoms with Gasteiger partial charge in [0.25, 0.3) is 0 Å². The van der Waals surface area contributed by atoms with Crippen LogP contribution in [0.1, 0.15) is 40.8 Å². The highest BCUT2D eigenvalue weighted by Gasteiger charge is 2.18. The van der Waals surface area contributed by atoms with Crippen LogP contribution in [0.2, 0.25) is 0 Å². The van der Waals surface area contributed by atoms with Gasteiger partial charge < -0.3 is 10.7 Å². The number of H-pyrrole nitrogens is 1. The maximum Gasteiger partial charge on any atom is 0.223 e. The summed E-state index contributed by atoms with van der Waals surface area (Å²) >= 11 is 1.40. The molecule has 3 N–H and O–H groups in total. The molecule has 1 aromatic carbocycles. The van der Waals surface area contributed by atoms with Crippen molar-refractivity contribution in [3.05, 3.63) is 46.0 Å². The van der Waals surface area contributed by atoms with E-state index in [0.717, 1.165) is 16.6 Å². The molecule has 0 aliphatic rings. The lowest BCUT2D eigenvalue weighted by Crippen LogP contribution is -2.00. The van der Waals surface area contributed by atoms with Gasteiger partial charge in [0.1, 0.15) is 0 Å². The third-order valence-corrected chi connectivity index (χ3v) is 4.12. The van der Waals surface area contributed by atoms with E-state index in [1.165, 1.54) is 11.3 Å². The quantitative estimate of drug-likeness (QED) is 0.571. The van der Waals surface area contributed by atoms with E-state index in [1.54, 1.807) is 12.3 Å². The van der Waals surface area contributed by atoms with E-state index < -0.39 is 0 Å². The largest absolute Gasteiger partial charge is 0.399 e. The molecule has 4 nitrogen and oxygen atoms in total. The number of benzene rings is 1. The maximum atomic E-state index is 12.5. The first-order valence-electron chi connectivity index (χ1n) is 6.43. The van der Waals surface area contributed by atoms with Gasteiger partial charge in [0.05, 0.1) is 11.3 Å². The second-order valence-corrected chi connectivity index (χ2v) is 5.93. The number of nitrogen functional groups attached to an aromatic ring is 1. The van der Waals surface area contributed by atoms with Crippen LogP contribution in [0.4, 0.5) is 5.69 Å². The molecule has 0 fully saturated rings. The molecule has 0 atom stereocenters. The average molecular weight is 285 g/mol. The fourth-order valence-corrected chi connectivity index (χ4v) is 3.03. The molecule has 20 heavy (non-hydrogen) atoms. The minimum atomic E-state index is -0.0436. The minimum absolute atomic E-state index is 0.0436. The lowest BCUT2D eigenvalue weighted by atomic mass is 10.1. The van der Waals surface area contributed by atoms with Crippen LogP contribution in [0, 0.1) is 0 Å². The van der Waals surface area contributed by atoms with Crippen LogP contribution in [0.5, 0.6) is 0 Å². The summed E-state index contributed by atoms with van der Waals surface area (Å²) in [5.41, 5.74) is 8.89. The van der Waals surface area contributed by atoms with Crippen molar-refractivity contribution in [3.8, 4) is 0 Å². The fraction of sp³-hybridized carbons (Fsp3) is 0.200. The monoisotopic (exact) mass is 285 g/mol. The molecule has 2 aromatic heterocycles. The molecule has 0 radical (unpaired) electrons. The standard InChI is InChI=1S/C15H15N3OS/c1-8(2)13-7-20-15(18-13)14(19)11-6-17-12-5-9(16)3-4-10(11)12/h3-8,17H,16H2,1-2H3. The molecule has 0 aliphatic heterocycles. The number of carbonyl (C=O) groups is 1. The summed E-state index contributed by atoms with van der Waals surface area (Å²) in [4.78, 5) is 20.0. The summed E-state index contributed by atoms with van der Waals surface area (Å²) in [6.07, 6.45) is 1.73. The number of rotatable bonds is 3. The Morgan fingerprint density at radius 2 is 2.20 bits per heavy atom. The number of hydrogen-bond donors (Lipinski definition) is 2. The molecule has 3 rings (SSSR count). The molecule has 102 valence electrons.